The fraction of sp³-hybridized carbons (Fsp3) is 0.588. The molecule has 1 aliphatic heterocycles. The molecule has 3 rings (SSSR count). The number of hydrogen-bond donors (Lipinski definition) is 0. The van der Waals surface area contributed by atoms with Gasteiger partial charge in [0.15, 0.2) is 0 Å². The molecule has 0 spiro atoms. The first-order valence-corrected chi connectivity index (χ1v) is 9.27. The van der Waals surface area contributed by atoms with Crippen molar-refractivity contribution in [1.82, 2.24) is 24.6 Å². The lowest BCUT2D eigenvalue weighted by Crippen LogP contribution is -2.51. The van der Waals surface area contributed by atoms with Gasteiger partial charge in [0.1, 0.15) is 0 Å². The number of rotatable bonds is 5. The van der Waals surface area contributed by atoms with Crippen molar-refractivity contribution in [3.63, 3.8) is 0 Å². The zero-order valence-corrected chi connectivity index (χ0v) is 16.0. The minimum absolute atomic E-state index is 0.0749. The molecule has 3 heterocycles. The Kier molecular flexibility index (Phi) is 5.51. The molecule has 0 bridgehead atoms. The summed E-state index contributed by atoms with van der Waals surface area (Å²) in [4.78, 5) is 21.4. The number of hydrogen-bond acceptors (Lipinski definition) is 6. The molecule has 0 saturated carbocycles. The molecule has 25 heavy (non-hydrogen) atoms. The Hall–Kier alpha value is -1.77. The van der Waals surface area contributed by atoms with E-state index >= 15 is 0 Å². The predicted octanol–water partition coefficient (Wildman–Crippen LogP) is 1.26. The number of aryl methyl sites for hydroxylation is 2. The number of carbonyl (C=O) groups is 1. The summed E-state index contributed by atoms with van der Waals surface area (Å²) < 4.78 is 7.78. The van der Waals surface area contributed by atoms with E-state index in [0.717, 1.165) is 22.8 Å². The smallest absolute Gasteiger partial charge is 0.229 e. The molecule has 0 unspecified atom stereocenters. The molecular weight excluding hydrogens is 338 g/mol. The van der Waals surface area contributed by atoms with E-state index in [1.165, 1.54) is 0 Å². The Labute approximate surface area is 152 Å². The van der Waals surface area contributed by atoms with Crippen molar-refractivity contribution >= 4 is 17.2 Å². The van der Waals surface area contributed by atoms with Crippen LogP contribution in [-0.2, 0) is 23.0 Å². The van der Waals surface area contributed by atoms with E-state index in [1.807, 2.05) is 50.7 Å². The van der Waals surface area contributed by atoms with E-state index in [2.05, 4.69) is 15.0 Å². The van der Waals surface area contributed by atoms with Gasteiger partial charge in [-0.1, -0.05) is 0 Å². The molecule has 0 aliphatic carbocycles. The predicted molar refractivity (Wildman–Crippen MR) is 96.5 cm³/mol. The second-order valence-corrected chi connectivity index (χ2v) is 7.75. The molecule has 1 amide bonds. The number of amides is 1. The van der Waals surface area contributed by atoms with E-state index in [-0.39, 0.29) is 18.1 Å². The minimum atomic E-state index is -0.128. The van der Waals surface area contributed by atoms with Crippen LogP contribution < -0.4 is 0 Å². The summed E-state index contributed by atoms with van der Waals surface area (Å²) >= 11 is 1.58. The number of thiazole rings is 1. The average Bonchev–Trinajstić information content (AvgIpc) is 3.15. The average molecular weight is 363 g/mol. The van der Waals surface area contributed by atoms with Gasteiger partial charge in [0.05, 0.1) is 42.1 Å². The molecule has 2 atom stereocenters. The molecule has 8 heteroatoms. The number of nitrogens with zero attached hydrogens (tertiary/aromatic N) is 5. The summed E-state index contributed by atoms with van der Waals surface area (Å²) in [5.74, 6) is 0.0891. The lowest BCUT2D eigenvalue weighted by Gasteiger charge is -2.41. The number of aromatic nitrogens is 3. The van der Waals surface area contributed by atoms with Crippen molar-refractivity contribution in [3.05, 3.63) is 34.0 Å². The van der Waals surface area contributed by atoms with E-state index in [1.54, 1.807) is 16.0 Å². The van der Waals surface area contributed by atoms with Gasteiger partial charge in [0.25, 0.3) is 0 Å². The lowest BCUT2D eigenvalue weighted by atomic mass is 10.00. The monoisotopic (exact) mass is 363 g/mol. The van der Waals surface area contributed by atoms with Crippen molar-refractivity contribution in [1.29, 1.82) is 0 Å². The molecule has 0 N–H and O–H groups in total. The Balaban J connectivity index is 1.84. The molecule has 7 nitrogen and oxygen atoms in total. The number of carbonyl (C=O) groups excluding carboxylic acids is 1. The Bertz CT molecular complexity index is 726. The molecule has 2 aromatic rings. The second kappa shape index (κ2) is 7.63. The Morgan fingerprint density at radius 2 is 2.28 bits per heavy atom. The number of likely N-dealkylation sites (N-methyl/N-ethyl adjacent to an activating group) is 1. The maximum atomic E-state index is 13.0. The van der Waals surface area contributed by atoms with Crippen LogP contribution in [0, 0.1) is 6.92 Å². The zero-order chi connectivity index (χ0) is 18.0. The first kappa shape index (κ1) is 18.0. The van der Waals surface area contributed by atoms with Crippen molar-refractivity contribution < 1.29 is 9.53 Å². The highest BCUT2D eigenvalue weighted by Gasteiger charge is 2.37. The van der Waals surface area contributed by atoms with Crippen molar-refractivity contribution in [2.24, 2.45) is 7.05 Å². The lowest BCUT2D eigenvalue weighted by molar-refractivity contribution is -0.147. The summed E-state index contributed by atoms with van der Waals surface area (Å²) in [5, 5.41) is 7.23. The van der Waals surface area contributed by atoms with Crippen molar-refractivity contribution in [2.75, 3.05) is 33.8 Å². The Morgan fingerprint density at radius 3 is 2.88 bits per heavy atom. The fourth-order valence-corrected chi connectivity index (χ4v) is 3.87. The normalized spacial score (nSPS) is 21.1. The minimum Gasteiger partial charge on any atom is -0.373 e. The third-order valence-electron chi connectivity index (χ3n) is 4.28. The van der Waals surface area contributed by atoms with Crippen molar-refractivity contribution in [3.8, 4) is 0 Å². The number of morpholine rings is 1. The summed E-state index contributed by atoms with van der Waals surface area (Å²) in [6.45, 7) is 3.85. The van der Waals surface area contributed by atoms with Gasteiger partial charge in [-0.05, 0) is 21.0 Å². The topological polar surface area (TPSA) is 63.5 Å². The third-order valence-corrected chi connectivity index (χ3v) is 5.11. The van der Waals surface area contributed by atoms with Gasteiger partial charge in [0.2, 0.25) is 5.91 Å². The molecule has 1 saturated heterocycles. The van der Waals surface area contributed by atoms with Gasteiger partial charge in [-0.2, -0.15) is 5.10 Å². The van der Waals surface area contributed by atoms with E-state index < -0.39 is 0 Å². The first-order chi connectivity index (χ1) is 11.9. The van der Waals surface area contributed by atoms with Crippen LogP contribution in [0.1, 0.15) is 22.3 Å². The first-order valence-electron chi connectivity index (χ1n) is 8.39. The van der Waals surface area contributed by atoms with Crippen LogP contribution >= 0.6 is 11.3 Å². The highest BCUT2D eigenvalue weighted by Crippen LogP contribution is 2.30. The molecule has 1 aliphatic rings. The molecule has 1 fully saturated rings. The molecule has 136 valence electrons. The number of ether oxygens (including phenoxy) is 1. The maximum Gasteiger partial charge on any atom is 0.229 e. The van der Waals surface area contributed by atoms with Gasteiger partial charge in [-0.15, -0.1) is 11.3 Å². The summed E-state index contributed by atoms with van der Waals surface area (Å²) in [6.07, 6.45) is 4.05. The molecule has 0 radical (unpaired) electrons. The van der Waals surface area contributed by atoms with E-state index in [9.17, 15) is 4.79 Å². The van der Waals surface area contributed by atoms with Gasteiger partial charge in [-0.25, -0.2) is 4.98 Å². The van der Waals surface area contributed by atoms with Crippen LogP contribution in [-0.4, -0.2) is 70.4 Å². The molecule has 0 aromatic carbocycles. The highest BCUT2D eigenvalue weighted by molar-refractivity contribution is 7.09. The fourth-order valence-electron chi connectivity index (χ4n) is 3.26. The van der Waals surface area contributed by atoms with Gasteiger partial charge < -0.3 is 14.5 Å². The maximum absolute atomic E-state index is 13.0. The summed E-state index contributed by atoms with van der Waals surface area (Å²) in [7, 11) is 5.92. The van der Waals surface area contributed by atoms with Crippen LogP contribution in [0.3, 0.4) is 0 Å². The standard InChI is InChI=1S/C17H25N5O2S/c1-12-19-14(11-25-12)7-16(23)22-5-6-24-15(10-20(2)3)17(22)13-8-18-21(4)9-13/h8-9,11,15,17H,5-7,10H2,1-4H3/t15-,17-/m0/s1. The Morgan fingerprint density at radius 1 is 1.48 bits per heavy atom. The third kappa shape index (κ3) is 4.26. The quantitative estimate of drug-likeness (QED) is 0.800. The molecule has 2 aromatic heterocycles. The van der Waals surface area contributed by atoms with E-state index in [4.69, 9.17) is 4.74 Å². The van der Waals surface area contributed by atoms with Crippen LogP contribution in [0.4, 0.5) is 0 Å². The van der Waals surface area contributed by atoms with Crippen LogP contribution in [0.5, 0.6) is 0 Å². The van der Waals surface area contributed by atoms with Gasteiger partial charge in [-0.3, -0.25) is 9.48 Å². The van der Waals surface area contributed by atoms with Crippen molar-refractivity contribution in [2.45, 2.75) is 25.5 Å². The summed E-state index contributed by atoms with van der Waals surface area (Å²) in [5.41, 5.74) is 1.85. The highest BCUT2D eigenvalue weighted by atomic mass is 32.1. The largest absolute Gasteiger partial charge is 0.373 e. The zero-order valence-electron chi connectivity index (χ0n) is 15.2. The summed E-state index contributed by atoms with van der Waals surface area (Å²) in [6, 6.07) is -0.128. The van der Waals surface area contributed by atoms with Gasteiger partial charge in [0, 0.05) is 37.3 Å². The second-order valence-electron chi connectivity index (χ2n) is 6.69. The van der Waals surface area contributed by atoms with Crippen LogP contribution in [0.15, 0.2) is 17.8 Å². The van der Waals surface area contributed by atoms with Crippen LogP contribution in [0.25, 0.3) is 0 Å². The van der Waals surface area contributed by atoms with Gasteiger partial charge >= 0.3 is 0 Å². The van der Waals surface area contributed by atoms with Crippen LogP contribution in [0.2, 0.25) is 0 Å². The van der Waals surface area contributed by atoms with E-state index in [0.29, 0.717) is 19.6 Å². The molecular formula is C17H25N5O2S. The SMILES string of the molecule is Cc1nc(CC(=O)N2CCO[C@@H](CN(C)C)[C@@H]2c2cnn(C)c2)cs1.